The predicted molar refractivity (Wildman–Crippen MR) is 101 cm³/mol. The number of urea groups is 1. The number of thiazole rings is 1. The van der Waals surface area contributed by atoms with Crippen molar-refractivity contribution in [1.82, 2.24) is 20.1 Å². The summed E-state index contributed by atoms with van der Waals surface area (Å²) in [5, 5.41) is 11.0. The van der Waals surface area contributed by atoms with E-state index in [1.54, 1.807) is 16.9 Å². The fourth-order valence-corrected chi connectivity index (χ4v) is 4.15. The van der Waals surface area contributed by atoms with Crippen molar-refractivity contribution in [2.24, 2.45) is 0 Å². The summed E-state index contributed by atoms with van der Waals surface area (Å²) >= 11 is 1.46. The van der Waals surface area contributed by atoms with Crippen molar-refractivity contribution >= 4 is 22.5 Å². The Kier molecular flexibility index (Phi) is 4.76. The number of aryl methyl sites for hydroxylation is 1. The molecular formula is C18H23N5O2S. The Morgan fingerprint density at radius 3 is 2.62 bits per heavy atom. The molecule has 2 aliphatic rings. The van der Waals surface area contributed by atoms with Crippen LogP contribution in [0.2, 0.25) is 0 Å². The molecule has 0 spiro atoms. The van der Waals surface area contributed by atoms with Crippen LogP contribution in [0.4, 0.5) is 9.93 Å². The van der Waals surface area contributed by atoms with Crippen molar-refractivity contribution in [3.05, 3.63) is 39.3 Å². The Labute approximate surface area is 155 Å². The van der Waals surface area contributed by atoms with Gasteiger partial charge < -0.3 is 5.32 Å². The van der Waals surface area contributed by atoms with Crippen molar-refractivity contribution < 1.29 is 4.79 Å². The lowest BCUT2D eigenvalue weighted by molar-refractivity contribution is 0.234. The highest BCUT2D eigenvalue weighted by Crippen LogP contribution is 2.38. The first-order valence-electron chi connectivity index (χ1n) is 9.18. The van der Waals surface area contributed by atoms with E-state index in [9.17, 15) is 9.59 Å². The van der Waals surface area contributed by atoms with Gasteiger partial charge in [-0.15, -0.1) is 11.3 Å². The van der Waals surface area contributed by atoms with E-state index < -0.39 is 0 Å². The number of hydrogen-bond donors (Lipinski definition) is 2. The SMILES string of the molecule is Cc1cnc(NC(=O)NC2CCC(n3nc(C4CC4)ccc3=O)CC2)s1. The van der Waals surface area contributed by atoms with Crippen molar-refractivity contribution in [3.63, 3.8) is 0 Å². The fourth-order valence-electron chi connectivity index (χ4n) is 3.49. The smallest absolute Gasteiger partial charge is 0.321 e. The zero-order chi connectivity index (χ0) is 18.1. The van der Waals surface area contributed by atoms with Gasteiger partial charge in [-0.1, -0.05) is 0 Å². The van der Waals surface area contributed by atoms with Gasteiger partial charge in [0.25, 0.3) is 5.56 Å². The summed E-state index contributed by atoms with van der Waals surface area (Å²) < 4.78 is 1.67. The lowest BCUT2D eigenvalue weighted by Crippen LogP contribution is -2.41. The lowest BCUT2D eigenvalue weighted by atomic mass is 9.91. The average Bonchev–Trinajstić information content (AvgIpc) is 3.39. The number of carbonyl (C=O) groups is 1. The highest BCUT2D eigenvalue weighted by Gasteiger charge is 2.28. The monoisotopic (exact) mass is 373 g/mol. The summed E-state index contributed by atoms with van der Waals surface area (Å²) in [6.07, 6.45) is 7.48. The van der Waals surface area contributed by atoms with Gasteiger partial charge in [0.2, 0.25) is 0 Å². The van der Waals surface area contributed by atoms with E-state index >= 15 is 0 Å². The normalized spacial score (nSPS) is 22.8. The van der Waals surface area contributed by atoms with Gasteiger partial charge in [0, 0.05) is 29.1 Å². The number of carbonyl (C=O) groups excluding carboxylic acids is 1. The first kappa shape index (κ1) is 17.2. The number of hydrogen-bond acceptors (Lipinski definition) is 5. The molecule has 0 unspecified atom stereocenters. The molecule has 2 aliphatic carbocycles. The molecule has 2 aromatic heterocycles. The molecule has 4 rings (SSSR count). The van der Waals surface area contributed by atoms with Gasteiger partial charge >= 0.3 is 6.03 Å². The van der Waals surface area contributed by atoms with Crippen LogP contribution < -0.4 is 16.2 Å². The zero-order valence-electron chi connectivity index (χ0n) is 14.8. The van der Waals surface area contributed by atoms with Crippen LogP contribution in [0.3, 0.4) is 0 Å². The Hall–Kier alpha value is -2.22. The molecule has 2 fully saturated rings. The topological polar surface area (TPSA) is 88.9 Å². The molecule has 26 heavy (non-hydrogen) atoms. The van der Waals surface area contributed by atoms with Crippen LogP contribution in [0.1, 0.15) is 61.1 Å². The summed E-state index contributed by atoms with van der Waals surface area (Å²) in [4.78, 5) is 29.5. The fraction of sp³-hybridized carbons (Fsp3) is 0.556. The Morgan fingerprint density at radius 1 is 1.19 bits per heavy atom. The molecule has 2 amide bonds. The maximum absolute atomic E-state index is 12.2. The average molecular weight is 373 g/mol. The molecule has 0 aliphatic heterocycles. The van der Waals surface area contributed by atoms with Crippen molar-refractivity contribution in [2.75, 3.05) is 5.32 Å². The lowest BCUT2D eigenvalue weighted by Gasteiger charge is -2.29. The summed E-state index contributed by atoms with van der Waals surface area (Å²) in [5.74, 6) is 0.540. The molecule has 2 aromatic rings. The first-order chi connectivity index (χ1) is 12.6. The zero-order valence-corrected chi connectivity index (χ0v) is 15.6. The van der Waals surface area contributed by atoms with E-state index in [2.05, 4.69) is 20.7 Å². The first-order valence-corrected chi connectivity index (χ1v) is 10.00. The van der Waals surface area contributed by atoms with Crippen LogP contribution >= 0.6 is 11.3 Å². The van der Waals surface area contributed by atoms with Gasteiger partial charge in [0.05, 0.1) is 11.7 Å². The number of rotatable bonds is 4. The van der Waals surface area contributed by atoms with Crippen LogP contribution in [-0.4, -0.2) is 26.8 Å². The maximum Gasteiger partial charge on any atom is 0.321 e. The molecular weight excluding hydrogens is 350 g/mol. The molecule has 7 nitrogen and oxygen atoms in total. The Balaban J connectivity index is 1.32. The summed E-state index contributed by atoms with van der Waals surface area (Å²) in [5.41, 5.74) is 1.02. The predicted octanol–water partition coefficient (Wildman–Crippen LogP) is 3.19. The van der Waals surface area contributed by atoms with Gasteiger partial charge in [0.15, 0.2) is 5.13 Å². The number of nitrogens with one attached hydrogen (secondary N) is 2. The van der Waals surface area contributed by atoms with Crippen LogP contribution in [0.5, 0.6) is 0 Å². The van der Waals surface area contributed by atoms with Gasteiger partial charge in [0.1, 0.15) is 0 Å². The number of aromatic nitrogens is 3. The van der Waals surface area contributed by atoms with E-state index in [0.717, 1.165) is 36.3 Å². The van der Waals surface area contributed by atoms with Crippen molar-refractivity contribution in [3.8, 4) is 0 Å². The minimum Gasteiger partial charge on any atom is -0.335 e. The third kappa shape index (κ3) is 3.95. The molecule has 0 saturated heterocycles. The van der Waals surface area contributed by atoms with Crippen LogP contribution in [-0.2, 0) is 0 Å². The quantitative estimate of drug-likeness (QED) is 0.861. The standard InChI is InChI=1S/C18H23N5O2S/c1-11-10-19-18(26-11)21-17(25)20-13-4-6-14(7-5-13)23-16(24)9-8-15(22-23)12-2-3-12/h8-10,12-14H,2-7H2,1H3,(H2,19,20,21,25). The minimum atomic E-state index is -0.214. The van der Waals surface area contributed by atoms with E-state index in [-0.39, 0.29) is 23.7 Å². The van der Waals surface area contributed by atoms with Gasteiger partial charge in [-0.05, 0) is 51.5 Å². The molecule has 8 heteroatoms. The second kappa shape index (κ2) is 7.19. The van der Waals surface area contributed by atoms with Crippen molar-refractivity contribution in [2.45, 2.75) is 63.5 Å². The maximum atomic E-state index is 12.2. The second-order valence-electron chi connectivity index (χ2n) is 7.20. The van der Waals surface area contributed by atoms with E-state index in [0.29, 0.717) is 11.0 Å². The van der Waals surface area contributed by atoms with Crippen molar-refractivity contribution in [1.29, 1.82) is 0 Å². The third-order valence-electron chi connectivity index (χ3n) is 5.06. The molecule has 0 radical (unpaired) electrons. The summed E-state index contributed by atoms with van der Waals surface area (Å²) in [6.45, 7) is 1.95. The molecule has 2 N–H and O–H groups in total. The summed E-state index contributed by atoms with van der Waals surface area (Å²) in [6, 6.07) is 3.55. The molecule has 2 heterocycles. The molecule has 2 saturated carbocycles. The molecule has 0 atom stereocenters. The van der Waals surface area contributed by atoms with Gasteiger partial charge in [-0.25, -0.2) is 14.5 Å². The minimum absolute atomic E-state index is 0.0253. The largest absolute Gasteiger partial charge is 0.335 e. The van der Waals surface area contributed by atoms with E-state index in [4.69, 9.17) is 0 Å². The molecule has 138 valence electrons. The van der Waals surface area contributed by atoms with Crippen LogP contribution in [0.15, 0.2) is 23.1 Å². The summed E-state index contributed by atoms with van der Waals surface area (Å²) in [7, 11) is 0. The van der Waals surface area contributed by atoms with Crippen LogP contribution in [0.25, 0.3) is 0 Å². The van der Waals surface area contributed by atoms with Crippen LogP contribution in [0, 0.1) is 6.92 Å². The highest BCUT2D eigenvalue weighted by molar-refractivity contribution is 7.15. The Bertz CT molecular complexity index is 849. The molecule has 0 aromatic carbocycles. The molecule has 0 bridgehead atoms. The Morgan fingerprint density at radius 2 is 1.96 bits per heavy atom. The number of anilines is 1. The second-order valence-corrected chi connectivity index (χ2v) is 8.43. The van der Waals surface area contributed by atoms with E-state index in [1.165, 1.54) is 24.2 Å². The van der Waals surface area contributed by atoms with Gasteiger partial charge in [-0.3, -0.25) is 10.1 Å². The van der Waals surface area contributed by atoms with Gasteiger partial charge in [-0.2, -0.15) is 5.10 Å². The van der Waals surface area contributed by atoms with E-state index in [1.807, 2.05) is 13.0 Å². The number of amides is 2. The highest BCUT2D eigenvalue weighted by atomic mass is 32.1. The number of nitrogens with zero attached hydrogens (tertiary/aromatic N) is 3. The third-order valence-corrected chi connectivity index (χ3v) is 5.89.